The molecule has 90 valence electrons. The van der Waals surface area contributed by atoms with Crippen LogP contribution in [-0.2, 0) is 9.47 Å². The van der Waals surface area contributed by atoms with Crippen molar-refractivity contribution in [1.82, 2.24) is 0 Å². The van der Waals surface area contributed by atoms with Gasteiger partial charge in [0.2, 0.25) is 0 Å². The van der Waals surface area contributed by atoms with Crippen LogP contribution in [0.2, 0.25) is 0 Å². The predicted molar refractivity (Wildman–Crippen MR) is 66.4 cm³/mol. The zero-order valence-electron chi connectivity index (χ0n) is 10.0. The van der Waals surface area contributed by atoms with Gasteiger partial charge in [-0.15, -0.1) is 0 Å². The Morgan fingerprint density at radius 3 is 2.20 bits per heavy atom. The average molecular weight is 232 g/mol. The van der Waals surface area contributed by atoms with Gasteiger partial charge in [0.25, 0.3) is 0 Å². The summed E-state index contributed by atoms with van der Waals surface area (Å²) < 4.78 is 11.1. The second kappa shape index (κ2) is 8.43. The molecule has 0 aromatic heterocycles. The summed E-state index contributed by atoms with van der Waals surface area (Å²) in [5.74, 6) is 0.992. The summed E-state index contributed by atoms with van der Waals surface area (Å²) in [7, 11) is 0. The summed E-state index contributed by atoms with van der Waals surface area (Å²) in [5.41, 5.74) is 0. The fourth-order valence-electron chi connectivity index (χ4n) is 1.96. The van der Waals surface area contributed by atoms with Crippen molar-refractivity contribution >= 4 is 11.8 Å². The van der Waals surface area contributed by atoms with E-state index in [4.69, 9.17) is 9.47 Å². The van der Waals surface area contributed by atoms with Crippen LogP contribution in [0.5, 0.6) is 0 Å². The van der Waals surface area contributed by atoms with Crippen LogP contribution in [0.1, 0.15) is 46.0 Å². The molecule has 0 aromatic carbocycles. The van der Waals surface area contributed by atoms with E-state index in [9.17, 15) is 0 Å². The van der Waals surface area contributed by atoms with E-state index in [1.54, 1.807) is 0 Å². The average Bonchev–Trinajstić information content (AvgIpc) is 2.28. The van der Waals surface area contributed by atoms with Crippen LogP contribution in [0.3, 0.4) is 0 Å². The maximum absolute atomic E-state index is 5.53. The predicted octanol–water partition coefficient (Wildman–Crippen LogP) is 3.45. The number of ether oxygens (including phenoxy) is 2. The zero-order valence-corrected chi connectivity index (χ0v) is 10.9. The van der Waals surface area contributed by atoms with Gasteiger partial charge >= 0.3 is 0 Å². The molecule has 1 fully saturated rings. The van der Waals surface area contributed by atoms with Crippen molar-refractivity contribution in [3.8, 4) is 0 Å². The molecule has 15 heavy (non-hydrogen) atoms. The topological polar surface area (TPSA) is 18.5 Å². The molecule has 0 spiro atoms. The molecule has 1 aliphatic rings. The second-order valence-corrected chi connectivity index (χ2v) is 5.27. The lowest BCUT2D eigenvalue weighted by atomic mass is 10.0. The summed E-state index contributed by atoms with van der Waals surface area (Å²) in [6.07, 6.45) is 7.02. The minimum atomic E-state index is 0.00641. The van der Waals surface area contributed by atoms with Gasteiger partial charge in [0.1, 0.15) is 0 Å². The lowest BCUT2D eigenvalue weighted by molar-refractivity contribution is -0.120. The lowest BCUT2D eigenvalue weighted by Gasteiger charge is -2.23. The third kappa shape index (κ3) is 5.79. The van der Waals surface area contributed by atoms with Crippen molar-refractivity contribution in [3.05, 3.63) is 0 Å². The van der Waals surface area contributed by atoms with Gasteiger partial charge in [-0.05, 0) is 26.7 Å². The molecule has 1 saturated carbocycles. The van der Waals surface area contributed by atoms with Crippen LogP contribution >= 0.6 is 11.8 Å². The van der Waals surface area contributed by atoms with E-state index >= 15 is 0 Å². The van der Waals surface area contributed by atoms with Gasteiger partial charge in [0.05, 0.1) is 0 Å². The van der Waals surface area contributed by atoms with Crippen LogP contribution in [0.4, 0.5) is 0 Å². The van der Waals surface area contributed by atoms with Gasteiger partial charge in [-0.2, -0.15) is 11.8 Å². The molecule has 0 aromatic rings. The molecular weight excluding hydrogens is 208 g/mol. The normalized spacial score (nSPS) is 18.6. The van der Waals surface area contributed by atoms with Crippen LogP contribution in [0.15, 0.2) is 0 Å². The molecule has 1 aliphatic carbocycles. The minimum Gasteiger partial charge on any atom is -0.352 e. The molecule has 0 unspecified atom stereocenters. The quantitative estimate of drug-likeness (QED) is 0.626. The van der Waals surface area contributed by atoms with E-state index in [1.807, 2.05) is 25.6 Å². The fraction of sp³-hybridized carbons (Fsp3) is 1.00. The van der Waals surface area contributed by atoms with E-state index in [-0.39, 0.29) is 6.29 Å². The fourth-order valence-corrected chi connectivity index (χ4v) is 3.25. The Morgan fingerprint density at radius 2 is 1.67 bits per heavy atom. The Hall–Kier alpha value is 0.270. The monoisotopic (exact) mass is 232 g/mol. The maximum atomic E-state index is 5.53. The molecule has 0 amide bonds. The SMILES string of the molecule is CCOC(CSC1CCCCC1)OCC. The molecular formula is C12H24O2S. The van der Waals surface area contributed by atoms with Crippen molar-refractivity contribution in [2.45, 2.75) is 57.5 Å². The summed E-state index contributed by atoms with van der Waals surface area (Å²) in [5, 5.41) is 0.849. The Labute approximate surface area is 98.1 Å². The smallest absolute Gasteiger partial charge is 0.166 e. The highest BCUT2D eigenvalue weighted by atomic mass is 32.2. The van der Waals surface area contributed by atoms with E-state index in [0.29, 0.717) is 0 Å². The summed E-state index contributed by atoms with van der Waals surface area (Å²) in [6, 6.07) is 0. The Balaban J connectivity index is 2.13. The summed E-state index contributed by atoms with van der Waals surface area (Å²) in [6.45, 7) is 5.54. The largest absolute Gasteiger partial charge is 0.352 e. The Morgan fingerprint density at radius 1 is 1.07 bits per heavy atom. The molecule has 0 radical (unpaired) electrons. The van der Waals surface area contributed by atoms with Gasteiger partial charge in [-0.3, -0.25) is 0 Å². The van der Waals surface area contributed by atoms with E-state index < -0.39 is 0 Å². The highest BCUT2D eigenvalue weighted by Gasteiger charge is 2.16. The zero-order chi connectivity index (χ0) is 10.9. The molecule has 0 heterocycles. The molecule has 0 N–H and O–H groups in total. The molecule has 0 atom stereocenters. The van der Waals surface area contributed by atoms with E-state index in [1.165, 1.54) is 32.1 Å². The first-order valence-electron chi connectivity index (χ1n) is 6.21. The number of hydrogen-bond acceptors (Lipinski definition) is 3. The number of rotatable bonds is 7. The first-order chi connectivity index (χ1) is 7.36. The van der Waals surface area contributed by atoms with Crippen LogP contribution < -0.4 is 0 Å². The van der Waals surface area contributed by atoms with Crippen molar-refractivity contribution in [1.29, 1.82) is 0 Å². The van der Waals surface area contributed by atoms with Crippen molar-refractivity contribution in [2.24, 2.45) is 0 Å². The standard InChI is InChI=1S/C12H24O2S/c1-3-13-12(14-4-2)10-15-11-8-6-5-7-9-11/h11-12H,3-10H2,1-2H3. The van der Waals surface area contributed by atoms with Crippen molar-refractivity contribution in [2.75, 3.05) is 19.0 Å². The first kappa shape index (κ1) is 13.3. The molecule has 2 nitrogen and oxygen atoms in total. The maximum Gasteiger partial charge on any atom is 0.166 e. The lowest BCUT2D eigenvalue weighted by Crippen LogP contribution is -2.22. The third-order valence-electron chi connectivity index (χ3n) is 2.73. The highest BCUT2D eigenvalue weighted by molar-refractivity contribution is 7.99. The number of thioether (sulfide) groups is 1. The van der Waals surface area contributed by atoms with Crippen molar-refractivity contribution in [3.63, 3.8) is 0 Å². The van der Waals surface area contributed by atoms with Gasteiger partial charge in [-0.25, -0.2) is 0 Å². The minimum absolute atomic E-state index is 0.00641. The van der Waals surface area contributed by atoms with Gasteiger partial charge in [0.15, 0.2) is 6.29 Å². The first-order valence-corrected chi connectivity index (χ1v) is 7.26. The van der Waals surface area contributed by atoms with E-state index in [2.05, 4.69) is 0 Å². The second-order valence-electron chi connectivity index (χ2n) is 3.93. The molecule has 3 heteroatoms. The van der Waals surface area contributed by atoms with Crippen LogP contribution in [0.25, 0.3) is 0 Å². The summed E-state index contributed by atoms with van der Waals surface area (Å²) >= 11 is 2.04. The molecule has 0 saturated heterocycles. The van der Waals surface area contributed by atoms with Gasteiger partial charge in [-0.1, -0.05) is 19.3 Å². The number of hydrogen-bond donors (Lipinski definition) is 0. The molecule has 0 aliphatic heterocycles. The van der Waals surface area contributed by atoms with Gasteiger partial charge in [0, 0.05) is 24.2 Å². The Kier molecular flexibility index (Phi) is 7.49. The Bertz CT molecular complexity index is 141. The van der Waals surface area contributed by atoms with Crippen LogP contribution in [-0.4, -0.2) is 30.5 Å². The highest BCUT2D eigenvalue weighted by Crippen LogP contribution is 2.28. The van der Waals surface area contributed by atoms with Gasteiger partial charge < -0.3 is 9.47 Å². The van der Waals surface area contributed by atoms with Crippen molar-refractivity contribution < 1.29 is 9.47 Å². The molecule has 1 rings (SSSR count). The summed E-state index contributed by atoms with van der Waals surface area (Å²) in [4.78, 5) is 0. The molecule has 0 bridgehead atoms. The van der Waals surface area contributed by atoms with E-state index in [0.717, 1.165) is 24.2 Å². The third-order valence-corrected chi connectivity index (χ3v) is 4.13. The van der Waals surface area contributed by atoms with Crippen LogP contribution in [0, 0.1) is 0 Å².